The van der Waals surface area contributed by atoms with Gasteiger partial charge in [-0.25, -0.2) is 4.79 Å². The summed E-state index contributed by atoms with van der Waals surface area (Å²) in [5.41, 5.74) is 10.6. The maximum absolute atomic E-state index is 12.0. The van der Waals surface area contributed by atoms with Crippen LogP contribution in [0.5, 0.6) is 5.75 Å². The van der Waals surface area contributed by atoms with E-state index in [4.69, 9.17) is 15.2 Å². The molecule has 0 spiro atoms. The van der Waals surface area contributed by atoms with Crippen LogP contribution in [0.15, 0.2) is 84.9 Å². The molecule has 0 amide bonds. The van der Waals surface area contributed by atoms with E-state index in [0.29, 0.717) is 24.3 Å². The lowest BCUT2D eigenvalue weighted by Crippen LogP contribution is -2.35. The van der Waals surface area contributed by atoms with Crippen LogP contribution in [0, 0.1) is 17.2 Å². The van der Waals surface area contributed by atoms with Crippen LogP contribution in [0.4, 0.5) is 0 Å². The van der Waals surface area contributed by atoms with Crippen LogP contribution in [0.25, 0.3) is 21.9 Å². The fourth-order valence-electron chi connectivity index (χ4n) is 4.69. The van der Waals surface area contributed by atoms with Gasteiger partial charge >= 0.3 is 5.97 Å². The zero-order chi connectivity index (χ0) is 27.3. The van der Waals surface area contributed by atoms with Crippen molar-refractivity contribution in [2.75, 3.05) is 6.61 Å². The predicted molar refractivity (Wildman–Crippen MR) is 159 cm³/mol. The van der Waals surface area contributed by atoms with Crippen molar-refractivity contribution in [2.24, 2.45) is 11.7 Å². The number of nitriles is 1. The van der Waals surface area contributed by atoms with E-state index in [1.807, 2.05) is 69.3 Å². The molecule has 6 heteroatoms. The number of nitrogens with zero attached hydrogens (tertiary/aromatic N) is 1. The van der Waals surface area contributed by atoms with Gasteiger partial charge in [0.05, 0.1) is 24.2 Å². The molecule has 0 aromatic heterocycles. The van der Waals surface area contributed by atoms with Crippen LogP contribution >= 0.6 is 12.4 Å². The smallest absolute Gasteiger partial charge is 0.338 e. The number of ether oxygens (including phenoxy) is 2. The molecule has 202 valence electrons. The number of hydrogen-bond donors (Lipinski definition) is 1. The van der Waals surface area contributed by atoms with Gasteiger partial charge in [0.15, 0.2) is 0 Å². The van der Waals surface area contributed by atoms with Gasteiger partial charge in [0.1, 0.15) is 11.9 Å². The van der Waals surface area contributed by atoms with E-state index >= 15 is 0 Å². The highest BCUT2D eigenvalue weighted by molar-refractivity contribution is 5.90. The molecular formula is C33H35ClN2O3. The molecule has 0 heterocycles. The summed E-state index contributed by atoms with van der Waals surface area (Å²) in [5.74, 6) is -0.0447. The van der Waals surface area contributed by atoms with Crippen LogP contribution < -0.4 is 10.5 Å². The molecule has 0 aliphatic rings. The average Bonchev–Trinajstić information content (AvgIpc) is 2.91. The van der Waals surface area contributed by atoms with Crippen molar-refractivity contribution < 1.29 is 14.3 Å². The minimum Gasteiger partial charge on any atom is -0.484 e. The Morgan fingerprint density at radius 3 is 2.15 bits per heavy atom. The van der Waals surface area contributed by atoms with Gasteiger partial charge in [0.2, 0.25) is 0 Å². The van der Waals surface area contributed by atoms with Gasteiger partial charge in [-0.1, -0.05) is 60.7 Å². The third-order valence-electron chi connectivity index (χ3n) is 6.50. The normalized spacial score (nSPS) is 12.6. The van der Waals surface area contributed by atoms with Crippen molar-refractivity contribution in [2.45, 2.75) is 45.8 Å². The van der Waals surface area contributed by atoms with Crippen LogP contribution in [-0.4, -0.2) is 18.1 Å². The predicted octanol–water partition coefficient (Wildman–Crippen LogP) is 7.66. The summed E-state index contributed by atoms with van der Waals surface area (Å²) in [6.07, 6.45) is 0.185. The van der Waals surface area contributed by atoms with Gasteiger partial charge in [-0.2, -0.15) is 5.26 Å². The highest BCUT2D eigenvalue weighted by Crippen LogP contribution is 2.37. The van der Waals surface area contributed by atoms with E-state index in [-0.39, 0.29) is 18.4 Å². The second-order valence-electron chi connectivity index (χ2n) is 10.3. The molecule has 2 atom stereocenters. The first kappa shape index (κ1) is 29.7. The van der Waals surface area contributed by atoms with Crippen molar-refractivity contribution in [3.8, 4) is 22.9 Å². The Labute approximate surface area is 237 Å². The van der Waals surface area contributed by atoms with Crippen LogP contribution in [0.2, 0.25) is 0 Å². The number of nitrogens with two attached hydrogens (primary N) is 1. The third-order valence-corrected chi connectivity index (χ3v) is 6.50. The average molecular weight is 543 g/mol. The number of esters is 1. The Kier molecular flexibility index (Phi) is 9.75. The Morgan fingerprint density at radius 2 is 1.56 bits per heavy atom. The maximum atomic E-state index is 12.0. The molecule has 0 bridgehead atoms. The fraction of sp³-hybridized carbons (Fsp3) is 0.273. The summed E-state index contributed by atoms with van der Waals surface area (Å²) in [6.45, 7) is 8.04. The summed E-state index contributed by atoms with van der Waals surface area (Å²) < 4.78 is 11.6. The lowest BCUT2D eigenvalue weighted by atomic mass is 9.84. The van der Waals surface area contributed by atoms with Crippen LogP contribution in [0.1, 0.15) is 55.3 Å². The summed E-state index contributed by atoms with van der Waals surface area (Å²) in [5, 5.41) is 12.1. The summed E-state index contributed by atoms with van der Waals surface area (Å²) >= 11 is 0. The molecule has 4 rings (SSSR count). The molecule has 4 aromatic carbocycles. The molecule has 2 unspecified atom stereocenters. The van der Waals surface area contributed by atoms with Gasteiger partial charge in [-0.3, -0.25) is 0 Å². The highest BCUT2D eigenvalue weighted by atomic mass is 35.5. The topological polar surface area (TPSA) is 85.3 Å². The Bertz CT molecular complexity index is 1450. The lowest BCUT2D eigenvalue weighted by molar-refractivity contribution is 0.0526. The Hall–Kier alpha value is -3.85. The van der Waals surface area contributed by atoms with Crippen molar-refractivity contribution in [3.63, 3.8) is 0 Å². The Morgan fingerprint density at radius 1 is 0.949 bits per heavy atom. The molecule has 0 aliphatic carbocycles. The zero-order valence-electron chi connectivity index (χ0n) is 22.8. The van der Waals surface area contributed by atoms with Gasteiger partial charge in [-0.15, -0.1) is 12.4 Å². The second-order valence-corrected chi connectivity index (χ2v) is 10.3. The van der Waals surface area contributed by atoms with Crippen molar-refractivity contribution in [1.82, 2.24) is 0 Å². The SMILES string of the molecule is CCOC(=O)c1ccc(-c2ccc(OC(c3c(CC(C)(C)N)ccc4ccccc34)C(C)C#N)cc2)cc1.Cl. The summed E-state index contributed by atoms with van der Waals surface area (Å²) in [4.78, 5) is 12.0. The number of benzene rings is 4. The van der Waals surface area contributed by atoms with E-state index in [9.17, 15) is 10.1 Å². The van der Waals surface area contributed by atoms with Gasteiger partial charge in [0.25, 0.3) is 0 Å². The molecule has 39 heavy (non-hydrogen) atoms. The molecule has 0 fully saturated rings. The van der Waals surface area contributed by atoms with E-state index in [0.717, 1.165) is 33.0 Å². The van der Waals surface area contributed by atoms with E-state index in [1.165, 1.54) is 0 Å². The number of halogens is 1. The molecule has 0 radical (unpaired) electrons. The quantitative estimate of drug-likeness (QED) is 0.219. The monoisotopic (exact) mass is 542 g/mol. The van der Waals surface area contributed by atoms with E-state index < -0.39 is 17.6 Å². The third kappa shape index (κ3) is 7.17. The maximum Gasteiger partial charge on any atom is 0.338 e. The molecule has 0 saturated heterocycles. The first-order valence-corrected chi connectivity index (χ1v) is 12.9. The van der Waals surface area contributed by atoms with Crippen LogP contribution in [0.3, 0.4) is 0 Å². The van der Waals surface area contributed by atoms with Gasteiger partial charge in [0, 0.05) is 11.1 Å². The zero-order valence-corrected chi connectivity index (χ0v) is 23.6. The lowest BCUT2D eigenvalue weighted by Gasteiger charge is -2.28. The van der Waals surface area contributed by atoms with Crippen molar-refractivity contribution in [1.29, 1.82) is 5.26 Å². The molecular weight excluding hydrogens is 508 g/mol. The van der Waals surface area contributed by atoms with Crippen LogP contribution in [-0.2, 0) is 11.2 Å². The van der Waals surface area contributed by atoms with E-state index in [2.05, 4.69) is 30.3 Å². The number of hydrogen-bond acceptors (Lipinski definition) is 5. The van der Waals surface area contributed by atoms with E-state index in [1.54, 1.807) is 19.1 Å². The molecule has 4 aromatic rings. The van der Waals surface area contributed by atoms with Gasteiger partial charge in [-0.05, 0) is 85.8 Å². The summed E-state index contributed by atoms with van der Waals surface area (Å²) in [7, 11) is 0. The minimum atomic E-state index is -0.474. The minimum absolute atomic E-state index is 0. The fourth-order valence-corrected chi connectivity index (χ4v) is 4.69. The van der Waals surface area contributed by atoms with Crippen molar-refractivity contribution >= 4 is 29.1 Å². The molecule has 0 aliphatic heterocycles. The molecule has 0 saturated carbocycles. The van der Waals surface area contributed by atoms with Gasteiger partial charge < -0.3 is 15.2 Å². The molecule has 2 N–H and O–H groups in total. The largest absolute Gasteiger partial charge is 0.484 e. The standard InChI is InChI=1S/C33H34N2O3.ClH/c1-5-37-32(36)26-13-10-23(11-14-26)24-16-18-28(19-17-24)38-31(22(2)21-34)30-27(20-33(3,4)35)15-12-25-8-6-7-9-29(25)30;/h6-19,22,31H,5,20,35H2,1-4H3;1H. The Balaban J connectivity index is 0.00000420. The van der Waals surface area contributed by atoms with Crippen molar-refractivity contribution in [3.05, 3.63) is 102 Å². The number of rotatable bonds is 9. The molecule has 5 nitrogen and oxygen atoms in total. The first-order chi connectivity index (χ1) is 18.2. The highest BCUT2D eigenvalue weighted by Gasteiger charge is 2.28. The first-order valence-electron chi connectivity index (χ1n) is 12.9. The summed E-state index contributed by atoms with van der Waals surface area (Å²) in [6, 6.07) is 29.9. The number of carbonyl (C=O) groups excluding carboxylic acids is 1. The number of fused-ring (bicyclic) bond motifs is 1. The second kappa shape index (κ2) is 12.8. The number of carbonyl (C=O) groups is 1.